The normalized spacial score (nSPS) is 14.2. The minimum Gasteiger partial charge on any atom is -0.480 e. The molecule has 0 bridgehead atoms. The molecule has 12 heteroatoms. The molecule has 1 amide bonds. The van der Waals surface area contributed by atoms with Crippen molar-refractivity contribution >= 4 is 25.7 Å². The predicted molar refractivity (Wildman–Crippen MR) is 281 cm³/mol. The van der Waals surface area contributed by atoms with Crippen molar-refractivity contribution in [1.29, 1.82) is 0 Å². The molecule has 0 aliphatic rings. The molecular weight excluding hydrogens is 878 g/mol. The number of allylic oxidation sites excluding steroid dienone is 14. The highest BCUT2D eigenvalue weighted by molar-refractivity contribution is 7.47. The monoisotopic (exact) mass is 974 g/mol. The van der Waals surface area contributed by atoms with Crippen LogP contribution in [0.3, 0.4) is 0 Å². The highest BCUT2D eigenvalue weighted by atomic mass is 31.2. The maximum absolute atomic E-state index is 12.4. The van der Waals surface area contributed by atoms with Gasteiger partial charge in [0.25, 0.3) is 0 Å². The number of aliphatic carboxylic acids is 1. The third kappa shape index (κ3) is 49.1. The fourth-order valence-corrected chi connectivity index (χ4v) is 7.78. The lowest BCUT2D eigenvalue weighted by atomic mass is 10.1. The fourth-order valence-electron chi connectivity index (χ4n) is 7.01. The predicted octanol–water partition coefficient (Wildman–Crippen LogP) is 15.0. The standard InChI is InChI=1S/C56H96NO10P/c1-3-5-7-9-11-13-15-17-19-21-23-25-26-28-29-31-33-35-37-39-41-43-45-47-54(59)57-53(56(61)62)51-67-68(63,64)66-50-52(58)49-65-55(60)48-46-44-42-40-38-36-34-32-30-27-24-22-20-18-16-14-12-10-8-6-4-2/h11-14,17-20,23-25,27-29,52-53,58H,3-10,15-16,21-22,26,30-51H2,1-2H3,(H,57,59)(H,61,62)(H,63,64)/b13-11-,14-12-,19-17-,20-18-,25-23-,27-24-,29-28-. The molecule has 0 saturated carbocycles. The van der Waals surface area contributed by atoms with Gasteiger partial charge in [-0.3, -0.25) is 18.6 Å². The molecular formula is C56H96NO10P. The zero-order chi connectivity index (χ0) is 49.9. The van der Waals surface area contributed by atoms with Crippen LogP contribution in [0.15, 0.2) is 85.1 Å². The van der Waals surface area contributed by atoms with Crippen LogP contribution >= 0.6 is 7.82 Å². The third-order valence-electron chi connectivity index (χ3n) is 11.2. The maximum atomic E-state index is 12.4. The molecule has 0 aliphatic carbocycles. The van der Waals surface area contributed by atoms with E-state index in [2.05, 4.69) is 104 Å². The number of amides is 1. The Kier molecular flexibility index (Phi) is 47.6. The highest BCUT2D eigenvalue weighted by Crippen LogP contribution is 2.43. The summed E-state index contributed by atoms with van der Waals surface area (Å²) in [7, 11) is -4.77. The molecule has 68 heavy (non-hydrogen) atoms. The summed E-state index contributed by atoms with van der Waals surface area (Å²) < 4.78 is 27.0. The van der Waals surface area contributed by atoms with Crippen molar-refractivity contribution in [2.75, 3.05) is 19.8 Å². The van der Waals surface area contributed by atoms with Gasteiger partial charge in [-0.2, -0.15) is 0 Å². The van der Waals surface area contributed by atoms with Gasteiger partial charge in [0.05, 0.1) is 13.2 Å². The summed E-state index contributed by atoms with van der Waals surface area (Å²) in [4.78, 5) is 46.2. The van der Waals surface area contributed by atoms with E-state index in [1.54, 1.807) is 0 Å². The number of aliphatic hydroxyl groups is 1. The summed E-state index contributed by atoms with van der Waals surface area (Å²) in [5.41, 5.74) is 0. The van der Waals surface area contributed by atoms with Crippen LogP contribution in [-0.2, 0) is 32.7 Å². The molecule has 11 nitrogen and oxygen atoms in total. The molecule has 0 spiro atoms. The number of carbonyl (C=O) groups excluding carboxylic acids is 2. The third-order valence-corrected chi connectivity index (χ3v) is 12.1. The quantitative estimate of drug-likeness (QED) is 0.0199. The second-order valence-corrected chi connectivity index (χ2v) is 19.2. The second-order valence-electron chi connectivity index (χ2n) is 17.7. The van der Waals surface area contributed by atoms with Crippen molar-refractivity contribution in [1.82, 2.24) is 5.32 Å². The van der Waals surface area contributed by atoms with E-state index in [4.69, 9.17) is 13.8 Å². The van der Waals surface area contributed by atoms with Crippen molar-refractivity contribution in [3.8, 4) is 0 Å². The largest absolute Gasteiger partial charge is 0.480 e. The number of phosphoric ester groups is 1. The molecule has 0 heterocycles. The molecule has 0 aromatic heterocycles. The molecule has 3 atom stereocenters. The molecule has 0 saturated heterocycles. The van der Waals surface area contributed by atoms with Crippen molar-refractivity contribution < 1.29 is 47.8 Å². The number of unbranched alkanes of at least 4 members (excludes halogenated alkanes) is 21. The zero-order valence-electron chi connectivity index (χ0n) is 42.6. The smallest absolute Gasteiger partial charge is 0.472 e. The van der Waals surface area contributed by atoms with Crippen LogP contribution in [0.4, 0.5) is 0 Å². The molecule has 0 aliphatic heterocycles. The first kappa shape index (κ1) is 64.7. The molecule has 390 valence electrons. The zero-order valence-corrected chi connectivity index (χ0v) is 43.5. The Hall–Kier alpha value is -3.34. The fraction of sp³-hybridized carbons (Fsp3) is 0.696. The lowest BCUT2D eigenvalue weighted by Gasteiger charge is -2.18. The molecule has 0 radical (unpaired) electrons. The van der Waals surface area contributed by atoms with E-state index in [0.717, 1.165) is 103 Å². The van der Waals surface area contributed by atoms with Crippen molar-refractivity contribution in [2.24, 2.45) is 0 Å². The summed E-state index contributed by atoms with van der Waals surface area (Å²) in [6.45, 7) is 2.54. The van der Waals surface area contributed by atoms with E-state index < -0.39 is 57.6 Å². The van der Waals surface area contributed by atoms with E-state index in [1.165, 1.54) is 77.0 Å². The van der Waals surface area contributed by atoms with Gasteiger partial charge in [0, 0.05) is 12.8 Å². The highest BCUT2D eigenvalue weighted by Gasteiger charge is 2.28. The van der Waals surface area contributed by atoms with E-state index in [-0.39, 0.29) is 12.8 Å². The van der Waals surface area contributed by atoms with Gasteiger partial charge in [-0.05, 0) is 96.3 Å². The van der Waals surface area contributed by atoms with Gasteiger partial charge in [-0.25, -0.2) is 9.36 Å². The van der Waals surface area contributed by atoms with Crippen molar-refractivity contribution in [2.45, 2.75) is 231 Å². The molecule has 0 aromatic rings. The number of carboxylic acid groups (broad SMARTS) is 1. The minimum atomic E-state index is -4.77. The summed E-state index contributed by atoms with van der Waals surface area (Å²) in [5.74, 6) is -2.40. The Morgan fingerprint density at radius 1 is 0.471 bits per heavy atom. The first-order valence-corrected chi connectivity index (χ1v) is 28.1. The van der Waals surface area contributed by atoms with E-state index in [9.17, 15) is 34.1 Å². The molecule has 4 N–H and O–H groups in total. The SMILES string of the molecule is CCCCC/C=C\C/C=C\C/C=C\C/C=C\CCCCCCCCCC(=O)NC(COP(=O)(O)OCC(O)COC(=O)CCCCCCCCCC/C=C\C/C=C\C/C=C\CCCCC)C(=O)O. The average molecular weight is 974 g/mol. The molecule has 0 rings (SSSR count). The van der Waals surface area contributed by atoms with Crippen LogP contribution in [0.25, 0.3) is 0 Å². The Morgan fingerprint density at radius 3 is 1.21 bits per heavy atom. The van der Waals surface area contributed by atoms with Gasteiger partial charge in [0.2, 0.25) is 5.91 Å². The molecule has 0 aromatic carbocycles. The van der Waals surface area contributed by atoms with Gasteiger partial charge < -0.3 is 25.2 Å². The second kappa shape index (κ2) is 50.1. The van der Waals surface area contributed by atoms with E-state index in [1.807, 2.05) is 0 Å². The molecule has 3 unspecified atom stereocenters. The number of esters is 1. The van der Waals surface area contributed by atoms with Gasteiger partial charge in [0.15, 0.2) is 6.04 Å². The van der Waals surface area contributed by atoms with Crippen molar-refractivity contribution in [3.63, 3.8) is 0 Å². The van der Waals surface area contributed by atoms with Gasteiger partial charge in [-0.15, -0.1) is 0 Å². The van der Waals surface area contributed by atoms with Crippen molar-refractivity contribution in [3.05, 3.63) is 85.1 Å². The van der Waals surface area contributed by atoms with Crippen LogP contribution < -0.4 is 5.32 Å². The summed E-state index contributed by atoms with van der Waals surface area (Å²) in [6, 6.07) is -1.56. The topological polar surface area (TPSA) is 169 Å². The number of aliphatic hydroxyl groups excluding tert-OH is 1. The van der Waals surface area contributed by atoms with Crippen LogP contribution in [0.2, 0.25) is 0 Å². The van der Waals surface area contributed by atoms with Crippen LogP contribution in [0.5, 0.6) is 0 Å². The summed E-state index contributed by atoms with van der Waals surface area (Å²) in [6.07, 6.45) is 63.1. The van der Waals surface area contributed by atoms with Crippen LogP contribution in [0, 0.1) is 0 Å². The number of hydrogen-bond donors (Lipinski definition) is 4. The first-order valence-electron chi connectivity index (χ1n) is 26.6. The number of hydrogen-bond acceptors (Lipinski definition) is 8. The number of ether oxygens (including phenoxy) is 1. The van der Waals surface area contributed by atoms with E-state index in [0.29, 0.717) is 12.8 Å². The van der Waals surface area contributed by atoms with Gasteiger partial charge in [0.1, 0.15) is 12.7 Å². The number of rotatable bonds is 49. The lowest BCUT2D eigenvalue weighted by molar-refractivity contribution is -0.147. The summed E-state index contributed by atoms with van der Waals surface area (Å²) >= 11 is 0. The van der Waals surface area contributed by atoms with Gasteiger partial charge in [-0.1, -0.05) is 195 Å². The Bertz CT molecular complexity index is 1470. The van der Waals surface area contributed by atoms with Crippen LogP contribution in [-0.4, -0.2) is 64.9 Å². The Balaban J connectivity index is 3.87. The lowest BCUT2D eigenvalue weighted by Crippen LogP contribution is -2.43. The number of nitrogens with one attached hydrogen (secondary N) is 1. The maximum Gasteiger partial charge on any atom is 0.472 e. The first-order chi connectivity index (χ1) is 33.1. The average Bonchev–Trinajstić information content (AvgIpc) is 3.32. The minimum absolute atomic E-state index is 0.129. The van der Waals surface area contributed by atoms with Crippen LogP contribution in [0.1, 0.15) is 219 Å². The molecule has 0 fully saturated rings. The Morgan fingerprint density at radius 2 is 0.809 bits per heavy atom. The van der Waals surface area contributed by atoms with Gasteiger partial charge >= 0.3 is 19.8 Å². The van der Waals surface area contributed by atoms with E-state index >= 15 is 0 Å². The number of phosphoric acid groups is 1. The number of carboxylic acids is 1. The Labute approximate surface area is 413 Å². The summed E-state index contributed by atoms with van der Waals surface area (Å²) in [5, 5.41) is 21.9. The number of carbonyl (C=O) groups is 3.